The molecule has 0 aliphatic carbocycles. The van der Waals surface area contributed by atoms with Crippen LogP contribution in [0.5, 0.6) is 0 Å². The summed E-state index contributed by atoms with van der Waals surface area (Å²) in [6.07, 6.45) is 0. The number of nitrogens with one attached hydrogen (secondary N) is 1. The van der Waals surface area contributed by atoms with E-state index in [1.807, 2.05) is 25.1 Å². The third kappa shape index (κ3) is 2.56. The van der Waals surface area contributed by atoms with Crippen LogP contribution in [-0.4, -0.2) is 11.9 Å². The molecule has 1 aromatic rings. The third-order valence-electron chi connectivity index (χ3n) is 1.94. The first-order chi connectivity index (χ1) is 6.52. The van der Waals surface area contributed by atoms with Gasteiger partial charge in [-0.3, -0.25) is 4.79 Å². The molecule has 3 N–H and O–H groups in total. The summed E-state index contributed by atoms with van der Waals surface area (Å²) >= 11 is 3.39. The summed E-state index contributed by atoms with van der Waals surface area (Å²) in [5.74, 6) is -0.175. The van der Waals surface area contributed by atoms with E-state index in [9.17, 15) is 4.79 Å². The van der Waals surface area contributed by atoms with Gasteiger partial charge in [0.25, 0.3) is 0 Å². The van der Waals surface area contributed by atoms with Crippen molar-refractivity contribution in [3.8, 4) is 0 Å². The van der Waals surface area contributed by atoms with Crippen LogP contribution >= 0.6 is 15.9 Å². The quantitative estimate of drug-likeness (QED) is 0.851. The van der Waals surface area contributed by atoms with Crippen LogP contribution in [0, 0.1) is 6.92 Å². The van der Waals surface area contributed by atoms with E-state index in [0.29, 0.717) is 0 Å². The fraction of sp³-hybridized carbons (Fsp3) is 0.300. The zero-order chi connectivity index (χ0) is 10.7. The molecule has 0 saturated heterocycles. The number of hydrogen-bond donors (Lipinski definition) is 2. The summed E-state index contributed by atoms with van der Waals surface area (Å²) in [5.41, 5.74) is 7.24. The number of rotatable bonds is 2. The average Bonchev–Trinajstić information content (AvgIpc) is 2.12. The van der Waals surface area contributed by atoms with Gasteiger partial charge in [-0.1, -0.05) is 22.0 Å². The van der Waals surface area contributed by atoms with Crippen LogP contribution < -0.4 is 11.1 Å². The second-order valence-electron chi connectivity index (χ2n) is 3.19. The first kappa shape index (κ1) is 11.2. The van der Waals surface area contributed by atoms with Gasteiger partial charge in [0.1, 0.15) is 0 Å². The molecule has 0 heterocycles. The number of carbonyl (C=O) groups excluding carboxylic acids is 1. The summed E-state index contributed by atoms with van der Waals surface area (Å²) < 4.78 is 0.972. The number of nitrogens with two attached hydrogens (primary N) is 1. The second-order valence-corrected chi connectivity index (χ2v) is 4.04. The number of hydrogen-bond acceptors (Lipinski definition) is 2. The van der Waals surface area contributed by atoms with Gasteiger partial charge in [-0.15, -0.1) is 0 Å². The average molecular weight is 257 g/mol. The van der Waals surface area contributed by atoms with Crippen LogP contribution in [0.2, 0.25) is 0 Å². The predicted molar refractivity (Wildman–Crippen MR) is 61.2 cm³/mol. The van der Waals surface area contributed by atoms with Crippen molar-refractivity contribution < 1.29 is 4.79 Å². The molecule has 0 unspecified atom stereocenters. The van der Waals surface area contributed by atoms with Crippen LogP contribution in [0.3, 0.4) is 0 Å². The lowest BCUT2D eigenvalue weighted by Crippen LogP contribution is -2.32. The largest absolute Gasteiger partial charge is 0.324 e. The highest BCUT2D eigenvalue weighted by molar-refractivity contribution is 9.10. The normalized spacial score (nSPS) is 12.3. The minimum atomic E-state index is -0.492. The van der Waals surface area contributed by atoms with Crippen molar-refractivity contribution in [2.45, 2.75) is 19.9 Å². The lowest BCUT2D eigenvalue weighted by Gasteiger charge is -2.11. The molecule has 0 saturated carbocycles. The monoisotopic (exact) mass is 256 g/mol. The molecule has 0 aromatic heterocycles. The topological polar surface area (TPSA) is 55.1 Å². The van der Waals surface area contributed by atoms with E-state index in [-0.39, 0.29) is 5.91 Å². The van der Waals surface area contributed by atoms with Gasteiger partial charge in [0.2, 0.25) is 5.91 Å². The molecule has 76 valence electrons. The van der Waals surface area contributed by atoms with Gasteiger partial charge < -0.3 is 11.1 Å². The molecule has 4 heteroatoms. The molecular weight excluding hydrogens is 244 g/mol. The van der Waals surface area contributed by atoms with Gasteiger partial charge in [0, 0.05) is 10.2 Å². The van der Waals surface area contributed by atoms with Gasteiger partial charge >= 0.3 is 0 Å². The second kappa shape index (κ2) is 4.57. The maximum Gasteiger partial charge on any atom is 0.241 e. The Bertz CT molecular complexity index is 350. The highest BCUT2D eigenvalue weighted by Gasteiger charge is 2.09. The van der Waals surface area contributed by atoms with Crippen LogP contribution in [0.25, 0.3) is 0 Å². The number of anilines is 1. The molecule has 1 aromatic carbocycles. The smallest absolute Gasteiger partial charge is 0.241 e. The number of halogens is 1. The van der Waals surface area contributed by atoms with E-state index >= 15 is 0 Å². The minimum Gasteiger partial charge on any atom is -0.324 e. The van der Waals surface area contributed by atoms with Crippen molar-refractivity contribution in [2.24, 2.45) is 5.73 Å². The SMILES string of the molecule is Cc1c(Br)cccc1NC(=O)[C@H](C)N. The van der Waals surface area contributed by atoms with E-state index < -0.39 is 6.04 Å². The Morgan fingerprint density at radius 1 is 1.57 bits per heavy atom. The Kier molecular flexibility index (Phi) is 3.66. The lowest BCUT2D eigenvalue weighted by atomic mass is 10.2. The van der Waals surface area contributed by atoms with Crippen molar-refractivity contribution >= 4 is 27.5 Å². The maximum absolute atomic E-state index is 11.3. The molecule has 1 rings (SSSR count). The predicted octanol–water partition coefficient (Wildman–Crippen LogP) is 2.04. The number of amides is 1. The highest BCUT2D eigenvalue weighted by Crippen LogP contribution is 2.23. The van der Waals surface area contributed by atoms with Crippen molar-refractivity contribution in [2.75, 3.05) is 5.32 Å². The van der Waals surface area contributed by atoms with Gasteiger partial charge in [0.05, 0.1) is 6.04 Å². The molecule has 0 spiro atoms. The Morgan fingerprint density at radius 3 is 2.79 bits per heavy atom. The third-order valence-corrected chi connectivity index (χ3v) is 2.80. The fourth-order valence-corrected chi connectivity index (χ4v) is 1.36. The lowest BCUT2D eigenvalue weighted by molar-refractivity contribution is -0.117. The van der Waals surface area contributed by atoms with Gasteiger partial charge in [-0.25, -0.2) is 0 Å². The summed E-state index contributed by atoms with van der Waals surface area (Å²) in [7, 11) is 0. The molecule has 0 bridgehead atoms. The van der Waals surface area contributed by atoms with Gasteiger partial charge in [-0.05, 0) is 31.5 Å². The van der Waals surface area contributed by atoms with Gasteiger partial charge in [-0.2, -0.15) is 0 Å². The molecule has 1 atom stereocenters. The van der Waals surface area contributed by atoms with E-state index in [4.69, 9.17) is 5.73 Å². The van der Waals surface area contributed by atoms with Crippen molar-refractivity contribution in [3.05, 3.63) is 28.2 Å². The Balaban J connectivity index is 2.87. The van der Waals surface area contributed by atoms with Crippen molar-refractivity contribution in [1.82, 2.24) is 0 Å². The van der Waals surface area contributed by atoms with Crippen molar-refractivity contribution in [1.29, 1.82) is 0 Å². The first-order valence-electron chi connectivity index (χ1n) is 4.34. The fourth-order valence-electron chi connectivity index (χ4n) is 0.989. The van der Waals surface area contributed by atoms with E-state index in [1.165, 1.54) is 0 Å². The highest BCUT2D eigenvalue weighted by atomic mass is 79.9. The van der Waals surface area contributed by atoms with E-state index in [0.717, 1.165) is 15.7 Å². The summed E-state index contributed by atoms with van der Waals surface area (Å²) in [5, 5.41) is 2.76. The Hall–Kier alpha value is -0.870. The summed E-state index contributed by atoms with van der Waals surface area (Å²) in [4.78, 5) is 11.3. The van der Waals surface area contributed by atoms with Gasteiger partial charge in [0.15, 0.2) is 0 Å². The summed E-state index contributed by atoms with van der Waals surface area (Å²) in [6.45, 7) is 3.59. The number of carbonyl (C=O) groups is 1. The molecule has 1 amide bonds. The van der Waals surface area contributed by atoms with Crippen molar-refractivity contribution in [3.63, 3.8) is 0 Å². The molecular formula is C10H13BrN2O. The first-order valence-corrected chi connectivity index (χ1v) is 5.13. The van der Waals surface area contributed by atoms with Crippen LogP contribution in [0.4, 0.5) is 5.69 Å². The van der Waals surface area contributed by atoms with E-state index in [1.54, 1.807) is 6.92 Å². The summed E-state index contributed by atoms with van der Waals surface area (Å²) in [6, 6.07) is 5.15. The molecule has 0 aliphatic heterocycles. The molecule has 3 nitrogen and oxygen atoms in total. The Labute approximate surface area is 91.8 Å². The maximum atomic E-state index is 11.3. The molecule has 0 fully saturated rings. The molecule has 14 heavy (non-hydrogen) atoms. The Morgan fingerprint density at radius 2 is 2.21 bits per heavy atom. The minimum absolute atomic E-state index is 0.175. The van der Waals surface area contributed by atoms with Crippen LogP contribution in [0.15, 0.2) is 22.7 Å². The molecule has 0 aliphatic rings. The number of benzene rings is 1. The van der Waals surface area contributed by atoms with E-state index in [2.05, 4.69) is 21.2 Å². The standard InChI is InChI=1S/C10H13BrN2O/c1-6-8(11)4-3-5-9(6)13-10(14)7(2)12/h3-5,7H,12H2,1-2H3,(H,13,14)/t7-/m0/s1. The zero-order valence-corrected chi connectivity index (χ0v) is 9.76. The zero-order valence-electron chi connectivity index (χ0n) is 8.17. The van der Waals surface area contributed by atoms with Crippen LogP contribution in [-0.2, 0) is 4.79 Å². The molecule has 0 radical (unpaired) electrons. The van der Waals surface area contributed by atoms with Crippen LogP contribution in [0.1, 0.15) is 12.5 Å².